The molecule has 7 heteroatoms. The average Bonchev–Trinajstić information content (AvgIpc) is 2.49. The fourth-order valence-corrected chi connectivity index (χ4v) is 1.61. The molecular formula is C19H39N2O4Zn+. The van der Waals surface area contributed by atoms with Crippen molar-refractivity contribution in [2.24, 2.45) is 0 Å². The molecule has 0 radical (unpaired) electrons. The summed E-state index contributed by atoms with van der Waals surface area (Å²) >= 11 is 0. The number of ether oxygens (including phenoxy) is 2. The molecule has 0 heterocycles. The first-order valence-electron chi connectivity index (χ1n) is 9.07. The molecule has 0 saturated heterocycles. The van der Waals surface area contributed by atoms with E-state index >= 15 is 0 Å². The van der Waals surface area contributed by atoms with Crippen molar-refractivity contribution in [3.8, 4) is 0 Å². The predicted molar refractivity (Wildman–Crippen MR) is 104 cm³/mol. The Morgan fingerprint density at radius 1 is 1.23 bits per heavy atom. The number of hydrogen-bond donors (Lipinski definition) is 1. The Morgan fingerprint density at radius 2 is 1.85 bits per heavy atom. The molecule has 0 aromatic carbocycles. The molecule has 2 atom stereocenters. The van der Waals surface area contributed by atoms with Crippen molar-refractivity contribution in [2.45, 2.75) is 59.7 Å². The van der Waals surface area contributed by atoms with E-state index in [9.17, 15) is 4.79 Å². The van der Waals surface area contributed by atoms with Gasteiger partial charge in [-0.25, -0.2) is 0 Å². The summed E-state index contributed by atoms with van der Waals surface area (Å²) in [5, 5.41) is 13.1. The van der Waals surface area contributed by atoms with E-state index in [-0.39, 0.29) is 31.4 Å². The maximum Gasteiger partial charge on any atom is 2.00 e. The summed E-state index contributed by atoms with van der Waals surface area (Å²) in [6, 6.07) is 0. The van der Waals surface area contributed by atoms with Gasteiger partial charge in [0.25, 0.3) is 0 Å². The van der Waals surface area contributed by atoms with Crippen molar-refractivity contribution < 1.29 is 38.9 Å². The standard InChI is InChI=1S/C10H22O3.C9H18N2O.Zn/c1-4-5-6-12-8-10(3)13-7-9(2)11;1-8(7-9(2)12)10-5-6-11(3)4;/h9-11H,4-8H2,1-3H3;7H,5-6H2,1-4H3,(H,10,12);/q;;+2/p-1. The van der Waals surface area contributed by atoms with E-state index in [1.165, 1.54) is 6.92 Å². The Kier molecular flexibility index (Phi) is 24.5. The van der Waals surface area contributed by atoms with Crippen LogP contribution in [0.4, 0.5) is 0 Å². The molecule has 0 saturated carbocycles. The van der Waals surface area contributed by atoms with Crippen LogP contribution in [0.5, 0.6) is 0 Å². The van der Waals surface area contributed by atoms with E-state index in [0.29, 0.717) is 13.2 Å². The molecule has 0 rings (SSSR count). The summed E-state index contributed by atoms with van der Waals surface area (Å²) in [5.41, 5.74) is 0.810. The van der Waals surface area contributed by atoms with E-state index in [4.69, 9.17) is 14.6 Å². The first-order chi connectivity index (χ1) is 11.7. The van der Waals surface area contributed by atoms with Gasteiger partial charge in [0.05, 0.1) is 25.4 Å². The third-order valence-electron chi connectivity index (χ3n) is 2.94. The SMILES string of the molecule is CC(=O)/C=C(/C)[N-]CCN(C)C.CCCCOCC(C)OCC(C)O.[Zn+2]. The van der Waals surface area contributed by atoms with Crippen LogP contribution in [0, 0.1) is 0 Å². The Morgan fingerprint density at radius 3 is 2.31 bits per heavy atom. The molecule has 6 nitrogen and oxygen atoms in total. The Hall–Kier alpha value is -0.327. The van der Waals surface area contributed by atoms with Crippen LogP contribution in [0.25, 0.3) is 5.32 Å². The molecule has 1 N–H and O–H groups in total. The van der Waals surface area contributed by atoms with E-state index in [2.05, 4.69) is 17.1 Å². The van der Waals surface area contributed by atoms with Crippen molar-refractivity contribution >= 4 is 5.78 Å². The second kappa shape index (κ2) is 21.0. The van der Waals surface area contributed by atoms with Gasteiger partial charge in [-0.3, -0.25) is 4.79 Å². The van der Waals surface area contributed by atoms with Crippen LogP contribution in [0.3, 0.4) is 0 Å². The number of likely N-dealkylation sites (N-methyl/N-ethyl adjacent to an activating group) is 1. The van der Waals surface area contributed by atoms with Crippen molar-refractivity contribution in [3.05, 3.63) is 17.1 Å². The fraction of sp³-hybridized carbons (Fsp3) is 0.842. The van der Waals surface area contributed by atoms with Crippen LogP contribution >= 0.6 is 0 Å². The van der Waals surface area contributed by atoms with Gasteiger partial charge in [-0.2, -0.15) is 5.70 Å². The largest absolute Gasteiger partial charge is 2.00 e. The van der Waals surface area contributed by atoms with E-state index in [0.717, 1.165) is 38.2 Å². The van der Waals surface area contributed by atoms with Gasteiger partial charge in [0.2, 0.25) is 0 Å². The van der Waals surface area contributed by atoms with Gasteiger partial charge in [-0.1, -0.05) is 20.3 Å². The predicted octanol–water partition coefficient (Wildman–Crippen LogP) is 3.00. The van der Waals surface area contributed by atoms with Crippen LogP contribution in [0.15, 0.2) is 11.8 Å². The number of aliphatic hydroxyl groups is 1. The van der Waals surface area contributed by atoms with Gasteiger partial charge in [0, 0.05) is 6.61 Å². The monoisotopic (exact) mass is 423 g/mol. The molecule has 0 spiro atoms. The summed E-state index contributed by atoms with van der Waals surface area (Å²) in [5.74, 6) is 0.0566. The minimum absolute atomic E-state index is 0. The summed E-state index contributed by atoms with van der Waals surface area (Å²) in [7, 11) is 4.00. The first-order valence-corrected chi connectivity index (χ1v) is 9.07. The summed E-state index contributed by atoms with van der Waals surface area (Å²) in [4.78, 5) is 12.7. The van der Waals surface area contributed by atoms with E-state index in [1.54, 1.807) is 13.0 Å². The minimum Gasteiger partial charge on any atom is -0.687 e. The zero-order valence-electron chi connectivity index (χ0n) is 18.0. The molecule has 2 unspecified atom stereocenters. The number of nitrogens with zero attached hydrogens (tertiary/aromatic N) is 2. The fourth-order valence-electron chi connectivity index (χ4n) is 1.61. The van der Waals surface area contributed by atoms with Gasteiger partial charge in [-0.05, 0) is 53.9 Å². The minimum atomic E-state index is -0.391. The second-order valence-corrected chi connectivity index (χ2v) is 6.50. The normalized spacial score (nSPS) is 13.3. The number of rotatable bonds is 13. The summed E-state index contributed by atoms with van der Waals surface area (Å²) < 4.78 is 10.7. The maximum absolute atomic E-state index is 10.6. The molecular weight excluding hydrogens is 386 g/mol. The van der Waals surface area contributed by atoms with Crippen LogP contribution in [-0.4, -0.2) is 75.0 Å². The van der Waals surface area contributed by atoms with Crippen molar-refractivity contribution in [3.63, 3.8) is 0 Å². The Bertz CT molecular complexity index is 350. The number of hydrogen-bond acceptors (Lipinski definition) is 5. The number of carbonyl (C=O) groups is 1. The van der Waals surface area contributed by atoms with Crippen LogP contribution in [0.2, 0.25) is 0 Å². The van der Waals surface area contributed by atoms with Crippen LogP contribution < -0.4 is 0 Å². The summed E-state index contributed by atoms with van der Waals surface area (Å²) in [6.45, 7) is 12.7. The molecule has 0 aliphatic carbocycles. The maximum atomic E-state index is 10.6. The Balaban J connectivity index is -0.000000393. The van der Waals surface area contributed by atoms with Gasteiger partial charge in [0.1, 0.15) is 0 Å². The number of unbranched alkanes of at least 4 members (excludes halogenated alkanes) is 1. The molecule has 0 amide bonds. The van der Waals surface area contributed by atoms with E-state index < -0.39 is 6.10 Å². The topological polar surface area (TPSA) is 73.1 Å². The third-order valence-corrected chi connectivity index (χ3v) is 2.94. The van der Waals surface area contributed by atoms with Crippen molar-refractivity contribution in [1.29, 1.82) is 0 Å². The zero-order chi connectivity index (χ0) is 19.7. The summed E-state index contributed by atoms with van der Waals surface area (Å²) in [6.07, 6.45) is 3.49. The number of allylic oxidation sites excluding steroid dienone is 2. The van der Waals surface area contributed by atoms with Crippen LogP contribution in [0.1, 0.15) is 47.5 Å². The quantitative estimate of drug-likeness (QED) is 0.279. The second-order valence-electron chi connectivity index (χ2n) is 6.50. The average molecular weight is 425 g/mol. The van der Waals surface area contributed by atoms with Gasteiger partial charge in [0.15, 0.2) is 5.78 Å². The smallest absolute Gasteiger partial charge is 0.687 e. The number of aliphatic hydroxyl groups excluding tert-OH is 1. The molecule has 26 heavy (non-hydrogen) atoms. The van der Waals surface area contributed by atoms with Gasteiger partial charge in [-0.15, -0.1) is 6.54 Å². The zero-order valence-corrected chi connectivity index (χ0v) is 20.9. The van der Waals surface area contributed by atoms with Crippen molar-refractivity contribution in [1.82, 2.24) is 4.90 Å². The molecule has 0 bridgehead atoms. The van der Waals surface area contributed by atoms with Gasteiger partial charge >= 0.3 is 19.5 Å². The molecule has 150 valence electrons. The molecule has 0 aliphatic rings. The molecule has 0 aliphatic heterocycles. The number of ketones is 1. The molecule has 0 fully saturated rings. The van der Waals surface area contributed by atoms with E-state index in [1.807, 2.05) is 27.9 Å². The van der Waals surface area contributed by atoms with Crippen LogP contribution in [-0.2, 0) is 33.7 Å². The van der Waals surface area contributed by atoms with Gasteiger partial charge < -0.3 is 24.8 Å². The number of carbonyl (C=O) groups excluding carboxylic acids is 1. The molecule has 0 aromatic rings. The third kappa shape index (κ3) is 28.5. The molecule has 0 aromatic heterocycles. The van der Waals surface area contributed by atoms with Crippen molar-refractivity contribution in [2.75, 3.05) is 47.0 Å². The Labute approximate surface area is 173 Å². The first kappa shape index (κ1) is 30.4.